The van der Waals surface area contributed by atoms with Crippen molar-refractivity contribution in [1.29, 1.82) is 0 Å². The second-order valence-electron chi connectivity index (χ2n) is 7.14. The molecule has 2 aromatic carbocycles. The van der Waals surface area contributed by atoms with Crippen molar-refractivity contribution in [2.24, 2.45) is 0 Å². The summed E-state index contributed by atoms with van der Waals surface area (Å²) in [7, 11) is 8.93. The summed E-state index contributed by atoms with van der Waals surface area (Å²) in [6.07, 6.45) is 2.86. The highest BCUT2D eigenvalue weighted by Crippen LogP contribution is 2.33. The van der Waals surface area contributed by atoms with E-state index in [4.69, 9.17) is 14.2 Å². The molecule has 0 saturated carbocycles. The summed E-state index contributed by atoms with van der Waals surface area (Å²) in [5, 5.41) is 0.532. The SMILES string of the molecule is COc1ccc(-c2cn(CCCN(C)C)c3c(OC)ccc(OC)c3c2=O)cc1. The van der Waals surface area contributed by atoms with E-state index in [9.17, 15) is 4.79 Å². The number of pyridine rings is 1. The van der Waals surface area contributed by atoms with Gasteiger partial charge in [0.2, 0.25) is 5.43 Å². The standard InChI is InChI=1S/C23H28N2O4/c1-24(2)13-6-14-25-15-18(16-7-9-17(27-3)10-8-16)23(26)21-19(28-4)11-12-20(29-5)22(21)25/h7-12,15H,6,13-14H2,1-5H3. The molecular formula is C23H28N2O4. The Morgan fingerprint density at radius 3 is 2.14 bits per heavy atom. The van der Waals surface area contributed by atoms with Crippen LogP contribution in [0.2, 0.25) is 0 Å². The maximum absolute atomic E-state index is 13.5. The highest BCUT2D eigenvalue weighted by Gasteiger charge is 2.18. The van der Waals surface area contributed by atoms with Crippen molar-refractivity contribution in [3.8, 4) is 28.4 Å². The van der Waals surface area contributed by atoms with E-state index in [0.29, 0.717) is 22.4 Å². The van der Waals surface area contributed by atoms with Gasteiger partial charge in [0.1, 0.15) is 17.2 Å². The van der Waals surface area contributed by atoms with E-state index < -0.39 is 0 Å². The van der Waals surface area contributed by atoms with Crippen molar-refractivity contribution < 1.29 is 14.2 Å². The van der Waals surface area contributed by atoms with Gasteiger partial charge in [-0.3, -0.25) is 4.79 Å². The van der Waals surface area contributed by atoms with Gasteiger partial charge in [-0.1, -0.05) is 12.1 Å². The Hall–Kier alpha value is -2.99. The fourth-order valence-corrected chi connectivity index (χ4v) is 3.52. The molecule has 0 aliphatic rings. The number of ether oxygens (including phenoxy) is 3. The third-order valence-corrected chi connectivity index (χ3v) is 4.99. The minimum atomic E-state index is -0.0789. The molecular weight excluding hydrogens is 368 g/mol. The van der Waals surface area contributed by atoms with Gasteiger partial charge < -0.3 is 23.7 Å². The quantitative estimate of drug-likeness (QED) is 0.582. The fourth-order valence-electron chi connectivity index (χ4n) is 3.52. The molecule has 6 heteroatoms. The highest BCUT2D eigenvalue weighted by atomic mass is 16.5. The molecule has 1 heterocycles. The van der Waals surface area contributed by atoms with Crippen molar-refractivity contribution in [1.82, 2.24) is 9.47 Å². The van der Waals surface area contributed by atoms with Gasteiger partial charge in [0.15, 0.2) is 0 Å². The zero-order chi connectivity index (χ0) is 21.0. The topological polar surface area (TPSA) is 52.9 Å². The lowest BCUT2D eigenvalue weighted by molar-refractivity contribution is 0.385. The molecule has 154 valence electrons. The summed E-state index contributed by atoms with van der Waals surface area (Å²) in [5.74, 6) is 1.95. The molecule has 1 aromatic heterocycles. The van der Waals surface area contributed by atoms with Crippen LogP contribution in [0.15, 0.2) is 47.4 Å². The van der Waals surface area contributed by atoms with Gasteiger partial charge in [0.25, 0.3) is 0 Å². The largest absolute Gasteiger partial charge is 0.497 e. The van der Waals surface area contributed by atoms with Gasteiger partial charge in [0.05, 0.1) is 32.2 Å². The van der Waals surface area contributed by atoms with Crippen LogP contribution in [0, 0.1) is 0 Å². The summed E-state index contributed by atoms with van der Waals surface area (Å²) in [6, 6.07) is 11.1. The van der Waals surface area contributed by atoms with Gasteiger partial charge >= 0.3 is 0 Å². The molecule has 0 saturated heterocycles. The Kier molecular flexibility index (Phi) is 6.44. The zero-order valence-corrected chi connectivity index (χ0v) is 17.7. The molecule has 3 aromatic rings. The summed E-state index contributed by atoms with van der Waals surface area (Å²) in [4.78, 5) is 15.6. The van der Waals surface area contributed by atoms with Gasteiger partial charge in [-0.25, -0.2) is 0 Å². The van der Waals surface area contributed by atoms with Crippen molar-refractivity contribution in [3.05, 3.63) is 52.8 Å². The molecule has 6 nitrogen and oxygen atoms in total. The first-order valence-electron chi connectivity index (χ1n) is 9.57. The van der Waals surface area contributed by atoms with Gasteiger partial charge in [-0.2, -0.15) is 0 Å². The average molecular weight is 396 g/mol. The Morgan fingerprint density at radius 1 is 0.897 bits per heavy atom. The summed E-state index contributed by atoms with van der Waals surface area (Å²) in [6.45, 7) is 1.69. The minimum Gasteiger partial charge on any atom is -0.497 e. The molecule has 0 spiro atoms. The molecule has 0 fully saturated rings. The fraction of sp³-hybridized carbons (Fsp3) is 0.348. The van der Waals surface area contributed by atoms with Crippen LogP contribution in [0.4, 0.5) is 0 Å². The molecule has 0 unspecified atom stereocenters. The van der Waals surface area contributed by atoms with E-state index in [1.807, 2.05) is 36.5 Å². The monoisotopic (exact) mass is 396 g/mol. The Balaban J connectivity index is 2.26. The Morgan fingerprint density at radius 2 is 1.55 bits per heavy atom. The third kappa shape index (κ3) is 4.22. The first-order valence-corrected chi connectivity index (χ1v) is 9.57. The van der Waals surface area contributed by atoms with Crippen LogP contribution >= 0.6 is 0 Å². The Labute approximate surface area is 171 Å². The predicted octanol–water partition coefficient (Wildman–Crippen LogP) is 3.65. The van der Waals surface area contributed by atoms with Crippen LogP contribution in [-0.4, -0.2) is 51.4 Å². The predicted molar refractivity (Wildman–Crippen MR) is 116 cm³/mol. The molecule has 0 amide bonds. The number of rotatable bonds is 8. The molecule has 0 bridgehead atoms. The van der Waals surface area contributed by atoms with Crippen LogP contribution in [-0.2, 0) is 6.54 Å². The van der Waals surface area contributed by atoms with Crippen molar-refractivity contribution >= 4 is 10.9 Å². The second kappa shape index (κ2) is 9.01. The Bertz CT molecular complexity index is 1040. The normalized spacial score (nSPS) is 11.1. The van der Waals surface area contributed by atoms with E-state index in [1.54, 1.807) is 27.4 Å². The number of hydrogen-bond acceptors (Lipinski definition) is 5. The van der Waals surface area contributed by atoms with Crippen LogP contribution in [0.3, 0.4) is 0 Å². The van der Waals surface area contributed by atoms with Gasteiger partial charge in [-0.15, -0.1) is 0 Å². The van der Waals surface area contributed by atoms with Crippen LogP contribution < -0.4 is 19.6 Å². The van der Waals surface area contributed by atoms with E-state index >= 15 is 0 Å². The zero-order valence-electron chi connectivity index (χ0n) is 17.7. The smallest absolute Gasteiger partial charge is 0.201 e. The van der Waals surface area contributed by atoms with E-state index in [-0.39, 0.29) is 5.43 Å². The van der Waals surface area contributed by atoms with E-state index in [2.05, 4.69) is 23.6 Å². The summed E-state index contributed by atoms with van der Waals surface area (Å²) >= 11 is 0. The maximum atomic E-state index is 13.5. The van der Waals surface area contributed by atoms with E-state index in [0.717, 1.165) is 36.3 Å². The third-order valence-electron chi connectivity index (χ3n) is 4.99. The molecule has 0 N–H and O–H groups in total. The second-order valence-corrected chi connectivity index (χ2v) is 7.14. The van der Waals surface area contributed by atoms with Gasteiger partial charge in [-0.05, 0) is 56.9 Å². The van der Waals surface area contributed by atoms with Crippen molar-refractivity contribution in [2.75, 3.05) is 42.0 Å². The lowest BCUT2D eigenvalue weighted by Gasteiger charge is -2.18. The van der Waals surface area contributed by atoms with E-state index in [1.165, 1.54) is 0 Å². The summed E-state index contributed by atoms with van der Waals surface area (Å²) in [5.41, 5.74) is 2.14. The molecule has 3 rings (SSSR count). The molecule has 0 aliphatic heterocycles. The molecule has 0 aliphatic carbocycles. The van der Waals surface area contributed by atoms with Crippen molar-refractivity contribution in [2.45, 2.75) is 13.0 Å². The van der Waals surface area contributed by atoms with Gasteiger partial charge in [0, 0.05) is 18.3 Å². The number of methoxy groups -OCH3 is 3. The number of hydrogen-bond donors (Lipinski definition) is 0. The number of nitrogens with zero attached hydrogens (tertiary/aromatic N) is 2. The lowest BCUT2D eigenvalue weighted by Crippen LogP contribution is -2.18. The van der Waals surface area contributed by atoms with Crippen molar-refractivity contribution in [3.63, 3.8) is 0 Å². The first-order chi connectivity index (χ1) is 14.0. The number of aryl methyl sites for hydroxylation is 1. The number of benzene rings is 2. The van der Waals surface area contributed by atoms with Crippen LogP contribution in [0.1, 0.15) is 6.42 Å². The average Bonchev–Trinajstić information content (AvgIpc) is 2.74. The molecule has 0 atom stereocenters. The first kappa shape index (κ1) is 20.7. The lowest BCUT2D eigenvalue weighted by atomic mass is 10.0. The number of aromatic nitrogens is 1. The van der Waals surface area contributed by atoms with Crippen LogP contribution in [0.25, 0.3) is 22.0 Å². The molecule has 29 heavy (non-hydrogen) atoms. The minimum absolute atomic E-state index is 0.0789. The summed E-state index contributed by atoms with van der Waals surface area (Å²) < 4.78 is 18.5. The highest BCUT2D eigenvalue weighted by molar-refractivity contribution is 5.93. The maximum Gasteiger partial charge on any atom is 0.201 e. The molecule has 0 radical (unpaired) electrons. The van der Waals surface area contributed by atoms with Crippen LogP contribution in [0.5, 0.6) is 17.2 Å². The number of fused-ring (bicyclic) bond motifs is 1.